The first-order valence-corrected chi connectivity index (χ1v) is 7.93. The number of benzene rings is 1. The van der Waals surface area contributed by atoms with Crippen LogP contribution in [0.4, 0.5) is 5.69 Å². The van der Waals surface area contributed by atoms with Crippen LogP contribution in [0.15, 0.2) is 36.0 Å². The maximum absolute atomic E-state index is 12.0. The van der Waals surface area contributed by atoms with E-state index in [2.05, 4.69) is 15.5 Å². The molecule has 1 aliphatic rings. The van der Waals surface area contributed by atoms with Crippen LogP contribution in [-0.2, 0) is 9.53 Å². The van der Waals surface area contributed by atoms with Crippen LogP contribution in [0, 0.1) is 11.3 Å². The number of anilines is 1. The summed E-state index contributed by atoms with van der Waals surface area (Å²) >= 11 is 0. The van der Waals surface area contributed by atoms with Gasteiger partial charge in [-0.25, -0.2) is 0 Å². The summed E-state index contributed by atoms with van der Waals surface area (Å²) in [4.78, 5) is 14.3. The first kappa shape index (κ1) is 17.8. The Bertz CT molecular complexity index is 619. The lowest BCUT2D eigenvalue weighted by molar-refractivity contribution is -0.112. The van der Waals surface area contributed by atoms with Gasteiger partial charge >= 0.3 is 0 Å². The topological polar surface area (TPSA) is 97.6 Å². The van der Waals surface area contributed by atoms with Gasteiger partial charge in [0.2, 0.25) is 0 Å². The predicted octanol–water partition coefficient (Wildman–Crippen LogP) is 1.05. The van der Waals surface area contributed by atoms with E-state index in [0.29, 0.717) is 12.2 Å². The van der Waals surface area contributed by atoms with Gasteiger partial charge in [-0.05, 0) is 25.1 Å². The van der Waals surface area contributed by atoms with Crippen molar-refractivity contribution in [1.82, 2.24) is 10.2 Å². The molecule has 7 nitrogen and oxygen atoms in total. The van der Waals surface area contributed by atoms with Gasteiger partial charge < -0.3 is 20.5 Å². The highest BCUT2D eigenvalue weighted by atomic mass is 16.5. The smallest absolute Gasteiger partial charge is 0.267 e. The zero-order valence-electron chi connectivity index (χ0n) is 13.5. The van der Waals surface area contributed by atoms with Crippen molar-refractivity contribution >= 4 is 11.6 Å². The van der Waals surface area contributed by atoms with Crippen molar-refractivity contribution in [3.8, 4) is 11.8 Å². The largest absolute Gasteiger partial charge is 0.508 e. The number of aromatic hydroxyl groups is 1. The average molecular weight is 330 g/mol. The molecule has 128 valence electrons. The van der Waals surface area contributed by atoms with Gasteiger partial charge in [-0.3, -0.25) is 9.69 Å². The molecule has 1 heterocycles. The quantitative estimate of drug-likeness (QED) is 0.393. The van der Waals surface area contributed by atoms with Gasteiger partial charge in [0.1, 0.15) is 17.4 Å². The Morgan fingerprint density at radius 3 is 2.92 bits per heavy atom. The number of rotatable bonds is 7. The van der Waals surface area contributed by atoms with Crippen molar-refractivity contribution in [3.05, 3.63) is 36.0 Å². The monoisotopic (exact) mass is 330 g/mol. The van der Waals surface area contributed by atoms with Crippen molar-refractivity contribution in [2.24, 2.45) is 0 Å². The Morgan fingerprint density at radius 1 is 1.42 bits per heavy atom. The number of morpholine rings is 1. The number of carbonyl (C=O) groups excluding carboxylic acids is 1. The van der Waals surface area contributed by atoms with Crippen LogP contribution in [0.1, 0.15) is 6.42 Å². The van der Waals surface area contributed by atoms with Gasteiger partial charge in [0.25, 0.3) is 5.91 Å². The number of nitrogens with zero attached hydrogens (tertiary/aromatic N) is 2. The summed E-state index contributed by atoms with van der Waals surface area (Å²) in [6, 6.07) is 8.06. The minimum Gasteiger partial charge on any atom is -0.508 e. The number of hydrogen-bond donors (Lipinski definition) is 3. The molecule has 0 atom stereocenters. The lowest BCUT2D eigenvalue weighted by Gasteiger charge is -2.26. The number of hydrogen-bond acceptors (Lipinski definition) is 6. The van der Waals surface area contributed by atoms with E-state index in [1.165, 1.54) is 18.3 Å². The predicted molar refractivity (Wildman–Crippen MR) is 90.3 cm³/mol. The normalized spacial score (nSPS) is 15.5. The van der Waals surface area contributed by atoms with Gasteiger partial charge in [0.05, 0.1) is 13.2 Å². The molecule has 3 N–H and O–H groups in total. The van der Waals surface area contributed by atoms with Crippen molar-refractivity contribution in [2.75, 3.05) is 44.7 Å². The molecule has 0 unspecified atom stereocenters. The Morgan fingerprint density at radius 2 is 2.21 bits per heavy atom. The second kappa shape index (κ2) is 9.55. The average Bonchev–Trinajstić information content (AvgIpc) is 2.59. The van der Waals surface area contributed by atoms with E-state index in [1.54, 1.807) is 12.1 Å². The summed E-state index contributed by atoms with van der Waals surface area (Å²) in [5.41, 5.74) is 0.429. The Kier molecular flexibility index (Phi) is 7.08. The van der Waals surface area contributed by atoms with E-state index >= 15 is 0 Å². The first-order valence-electron chi connectivity index (χ1n) is 7.93. The molecule has 1 fully saturated rings. The number of carbonyl (C=O) groups is 1. The van der Waals surface area contributed by atoms with E-state index in [9.17, 15) is 9.90 Å². The highest BCUT2D eigenvalue weighted by Crippen LogP contribution is 2.15. The van der Waals surface area contributed by atoms with Crippen molar-refractivity contribution < 1.29 is 14.6 Å². The van der Waals surface area contributed by atoms with Crippen molar-refractivity contribution in [2.45, 2.75) is 6.42 Å². The van der Waals surface area contributed by atoms with E-state index in [4.69, 9.17) is 10.00 Å². The lowest BCUT2D eigenvalue weighted by Crippen LogP contribution is -2.37. The summed E-state index contributed by atoms with van der Waals surface area (Å²) in [5.74, 6) is -0.458. The molecule has 0 saturated carbocycles. The highest BCUT2D eigenvalue weighted by Gasteiger charge is 2.10. The Hall–Kier alpha value is -2.56. The van der Waals surface area contributed by atoms with Gasteiger partial charge in [-0.15, -0.1) is 0 Å². The molecule has 1 aromatic rings. The summed E-state index contributed by atoms with van der Waals surface area (Å²) in [7, 11) is 0. The molecule has 7 heteroatoms. The maximum atomic E-state index is 12.0. The molecule has 0 radical (unpaired) electrons. The van der Waals surface area contributed by atoms with E-state index in [0.717, 1.165) is 39.3 Å². The number of phenolic OH excluding ortho intramolecular Hbond substituents is 1. The number of amides is 1. The molecule has 0 aromatic heterocycles. The third-order valence-corrected chi connectivity index (χ3v) is 3.61. The SMILES string of the molecule is N#C/C(=C/NCCCN1CCOCC1)C(=O)Nc1cccc(O)c1. The lowest BCUT2D eigenvalue weighted by atomic mass is 10.2. The van der Waals surface area contributed by atoms with Crippen molar-refractivity contribution in [3.63, 3.8) is 0 Å². The van der Waals surface area contributed by atoms with Gasteiger partial charge in [0.15, 0.2) is 0 Å². The zero-order chi connectivity index (χ0) is 17.2. The molecule has 1 aliphatic heterocycles. The molecule has 0 bridgehead atoms. The van der Waals surface area contributed by atoms with Gasteiger partial charge in [0, 0.05) is 37.6 Å². The number of ether oxygens (including phenoxy) is 1. The van der Waals surface area contributed by atoms with Gasteiger partial charge in [-0.1, -0.05) is 6.07 Å². The zero-order valence-corrected chi connectivity index (χ0v) is 13.5. The molecule has 24 heavy (non-hydrogen) atoms. The molecular formula is C17H22N4O3. The summed E-state index contributed by atoms with van der Waals surface area (Å²) in [6.07, 6.45) is 2.35. The summed E-state index contributed by atoms with van der Waals surface area (Å²) in [6.45, 7) is 5.10. The van der Waals surface area contributed by atoms with Crippen LogP contribution in [0.3, 0.4) is 0 Å². The molecule has 0 aliphatic carbocycles. The van der Waals surface area contributed by atoms with Crippen LogP contribution in [0.2, 0.25) is 0 Å². The van der Waals surface area contributed by atoms with Crippen LogP contribution in [0.25, 0.3) is 0 Å². The van der Waals surface area contributed by atoms with E-state index < -0.39 is 5.91 Å². The maximum Gasteiger partial charge on any atom is 0.267 e. The molecule has 1 amide bonds. The first-order chi connectivity index (χ1) is 11.7. The summed E-state index contributed by atoms with van der Waals surface area (Å²) < 4.78 is 5.29. The number of nitrogens with one attached hydrogen (secondary N) is 2. The standard InChI is InChI=1S/C17H22N4O3/c18-12-14(17(23)20-15-3-1-4-16(22)11-15)13-19-5-2-6-21-7-9-24-10-8-21/h1,3-4,11,13,19,22H,2,5-10H2,(H,20,23)/b14-13-. The fraction of sp³-hybridized carbons (Fsp3) is 0.412. The second-order valence-electron chi connectivity index (χ2n) is 5.44. The third kappa shape index (κ3) is 5.91. The van der Waals surface area contributed by atoms with Crippen LogP contribution < -0.4 is 10.6 Å². The van der Waals surface area contributed by atoms with Gasteiger partial charge in [-0.2, -0.15) is 5.26 Å². The number of phenols is 1. The van der Waals surface area contributed by atoms with E-state index in [1.807, 2.05) is 6.07 Å². The molecule has 0 spiro atoms. The minimum atomic E-state index is -0.510. The molecule has 2 rings (SSSR count). The molecule has 1 aromatic carbocycles. The highest BCUT2D eigenvalue weighted by molar-refractivity contribution is 6.06. The molecular weight excluding hydrogens is 308 g/mol. The summed E-state index contributed by atoms with van der Waals surface area (Å²) in [5, 5.41) is 24.0. The van der Waals surface area contributed by atoms with Crippen LogP contribution in [0.5, 0.6) is 5.75 Å². The molecule has 1 saturated heterocycles. The Labute approximate surface area is 141 Å². The second-order valence-corrected chi connectivity index (χ2v) is 5.44. The van der Waals surface area contributed by atoms with E-state index in [-0.39, 0.29) is 11.3 Å². The van der Waals surface area contributed by atoms with Crippen molar-refractivity contribution in [1.29, 1.82) is 5.26 Å². The third-order valence-electron chi connectivity index (χ3n) is 3.61. The fourth-order valence-corrected chi connectivity index (χ4v) is 2.33. The fourth-order valence-electron chi connectivity index (χ4n) is 2.33. The number of nitriles is 1. The van der Waals surface area contributed by atoms with Crippen LogP contribution in [-0.4, -0.2) is 55.3 Å². The Balaban J connectivity index is 1.74. The minimum absolute atomic E-state index is 0.00952. The van der Waals surface area contributed by atoms with Crippen LogP contribution >= 0.6 is 0 Å².